The summed E-state index contributed by atoms with van der Waals surface area (Å²) in [4.78, 5) is 87.5. The molecule has 22 nitrogen and oxygen atoms in total. The summed E-state index contributed by atoms with van der Waals surface area (Å²) >= 11 is 0. The second-order valence-electron chi connectivity index (χ2n) is 12.8. The van der Waals surface area contributed by atoms with Crippen molar-refractivity contribution in [3.63, 3.8) is 0 Å². The Labute approximate surface area is 338 Å². The molecule has 0 bridgehead atoms. The molecule has 22 heteroatoms. The van der Waals surface area contributed by atoms with Crippen LogP contribution in [0.4, 0.5) is 4.79 Å². The van der Waals surface area contributed by atoms with E-state index in [2.05, 4.69) is 16.0 Å². The fourth-order valence-electron chi connectivity index (χ4n) is 5.61. The van der Waals surface area contributed by atoms with Crippen LogP contribution in [0.5, 0.6) is 17.2 Å². The summed E-state index contributed by atoms with van der Waals surface area (Å²) in [5.41, 5.74) is -2.91. The van der Waals surface area contributed by atoms with Crippen molar-refractivity contribution in [3.8, 4) is 17.2 Å². The highest BCUT2D eigenvalue weighted by molar-refractivity contribution is 5.97. The number of pyridine rings is 3. The van der Waals surface area contributed by atoms with Crippen LogP contribution in [0.25, 0.3) is 0 Å². The number of methoxy groups -OCH3 is 3. The second-order valence-corrected chi connectivity index (χ2v) is 12.8. The highest BCUT2D eigenvalue weighted by Crippen LogP contribution is 2.14. The van der Waals surface area contributed by atoms with Crippen LogP contribution in [-0.4, -0.2) is 148 Å². The molecular formula is C37H53N7O15. The molecular weight excluding hydrogens is 782 g/mol. The van der Waals surface area contributed by atoms with E-state index in [1.165, 1.54) is 71.8 Å². The molecule has 3 aromatic rings. The van der Waals surface area contributed by atoms with Crippen molar-refractivity contribution >= 4 is 23.9 Å². The molecule has 0 aliphatic rings. The van der Waals surface area contributed by atoms with Crippen molar-refractivity contribution in [2.24, 2.45) is 0 Å². The van der Waals surface area contributed by atoms with Gasteiger partial charge in [0.2, 0.25) is 0 Å². The van der Waals surface area contributed by atoms with Crippen LogP contribution < -0.4 is 32.6 Å². The third kappa shape index (κ3) is 15.2. The topological polar surface area (TPSA) is 302 Å². The molecule has 0 saturated carbocycles. The van der Waals surface area contributed by atoms with Crippen molar-refractivity contribution < 1.29 is 58.9 Å². The highest BCUT2D eigenvalue weighted by atomic mass is 16.6. The first kappa shape index (κ1) is 48.9. The van der Waals surface area contributed by atoms with Gasteiger partial charge in [0.25, 0.3) is 34.4 Å². The van der Waals surface area contributed by atoms with Crippen molar-refractivity contribution in [2.45, 2.75) is 45.4 Å². The second kappa shape index (κ2) is 25.2. The Morgan fingerprint density at radius 1 is 0.644 bits per heavy atom. The lowest BCUT2D eigenvalue weighted by Gasteiger charge is -2.28. The maximum Gasteiger partial charge on any atom is 0.503 e. The first-order valence-electron chi connectivity index (χ1n) is 18.4. The third-order valence-corrected chi connectivity index (χ3v) is 8.64. The number of hydrogen-bond acceptors (Lipinski definition) is 14. The molecule has 0 saturated heterocycles. The first-order valence-corrected chi connectivity index (χ1v) is 18.4. The lowest BCUT2D eigenvalue weighted by Crippen LogP contribution is -2.48. The monoisotopic (exact) mass is 835 g/mol. The zero-order valence-corrected chi connectivity index (χ0v) is 33.3. The fraction of sp³-hybridized carbons (Fsp3) is 0.486. The van der Waals surface area contributed by atoms with Gasteiger partial charge in [0.05, 0.1) is 36.5 Å². The molecule has 3 heterocycles. The van der Waals surface area contributed by atoms with Crippen LogP contribution in [0, 0.1) is 0 Å². The van der Waals surface area contributed by atoms with Gasteiger partial charge < -0.3 is 69.4 Å². The molecule has 1 atom stereocenters. The molecule has 0 aliphatic heterocycles. The quantitative estimate of drug-likeness (QED) is 0.0598. The predicted octanol–water partition coefficient (Wildman–Crippen LogP) is -0.489. The lowest BCUT2D eigenvalue weighted by atomic mass is 10.1. The molecule has 0 radical (unpaired) electrons. The van der Waals surface area contributed by atoms with E-state index in [1.807, 2.05) is 11.8 Å². The number of carbonyl (C=O) groups excluding carboxylic acids is 3. The molecule has 0 fully saturated rings. The predicted molar refractivity (Wildman–Crippen MR) is 211 cm³/mol. The molecule has 3 aromatic heterocycles. The highest BCUT2D eigenvalue weighted by Gasteiger charge is 2.23. The van der Waals surface area contributed by atoms with Gasteiger partial charge in [0, 0.05) is 98.3 Å². The minimum atomic E-state index is -1.83. The van der Waals surface area contributed by atoms with Crippen molar-refractivity contribution in [2.75, 3.05) is 73.9 Å². The third-order valence-electron chi connectivity index (χ3n) is 8.64. The Bertz CT molecular complexity index is 1950. The first-order chi connectivity index (χ1) is 28.1. The van der Waals surface area contributed by atoms with Gasteiger partial charge in [-0.05, 0) is 24.6 Å². The number of carbonyl (C=O) groups is 4. The van der Waals surface area contributed by atoms with Crippen LogP contribution in [-0.2, 0) is 33.8 Å². The Hall–Kier alpha value is -6.23. The Morgan fingerprint density at radius 2 is 0.983 bits per heavy atom. The lowest BCUT2D eigenvalue weighted by molar-refractivity contribution is 0.0917. The maximum absolute atomic E-state index is 13.3. The van der Waals surface area contributed by atoms with E-state index in [4.69, 9.17) is 29.2 Å². The van der Waals surface area contributed by atoms with Gasteiger partial charge in [-0.1, -0.05) is 13.3 Å². The Kier molecular flexibility index (Phi) is 20.9. The Morgan fingerprint density at radius 3 is 1.31 bits per heavy atom. The number of carboxylic acid groups (broad SMARTS) is 2. The van der Waals surface area contributed by atoms with Gasteiger partial charge in [-0.2, -0.15) is 0 Å². The van der Waals surface area contributed by atoms with Crippen LogP contribution in [0.3, 0.4) is 0 Å². The smallest absolute Gasteiger partial charge is 0.502 e. The van der Waals surface area contributed by atoms with E-state index < -0.39 is 63.8 Å². The fourth-order valence-corrected chi connectivity index (χ4v) is 5.61. The molecule has 3 amide bonds. The van der Waals surface area contributed by atoms with E-state index in [0.717, 1.165) is 0 Å². The van der Waals surface area contributed by atoms with Crippen LogP contribution in [0.15, 0.2) is 51.2 Å². The van der Waals surface area contributed by atoms with E-state index in [9.17, 15) is 44.1 Å². The summed E-state index contributed by atoms with van der Waals surface area (Å²) < 4.78 is 18.6. The molecule has 0 aliphatic carbocycles. The summed E-state index contributed by atoms with van der Waals surface area (Å²) in [6.07, 6.45) is 3.43. The normalized spacial score (nSPS) is 11.3. The van der Waals surface area contributed by atoms with Gasteiger partial charge in [-0.25, -0.2) is 4.79 Å². The van der Waals surface area contributed by atoms with Gasteiger partial charge in [-0.3, -0.25) is 33.7 Å². The van der Waals surface area contributed by atoms with Crippen LogP contribution >= 0.6 is 0 Å². The largest absolute Gasteiger partial charge is 0.503 e. The van der Waals surface area contributed by atoms with E-state index in [-0.39, 0.29) is 88.9 Å². The summed E-state index contributed by atoms with van der Waals surface area (Å²) in [6, 6.07) is 3.45. The molecule has 3 rings (SSSR count). The van der Waals surface area contributed by atoms with Crippen molar-refractivity contribution in [1.82, 2.24) is 34.6 Å². The van der Waals surface area contributed by atoms with E-state index >= 15 is 0 Å². The number of nitrogens with zero attached hydrogens (tertiary/aromatic N) is 4. The van der Waals surface area contributed by atoms with Crippen LogP contribution in [0.2, 0.25) is 0 Å². The molecule has 1 unspecified atom stereocenters. The molecule has 8 N–H and O–H groups in total. The van der Waals surface area contributed by atoms with Crippen molar-refractivity contribution in [3.05, 3.63) is 84.5 Å². The van der Waals surface area contributed by atoms with E-state index in [1.54, 1.807) is 0 Å². The standard InChI is InChI=1S/C36H51N7O12.CH2O3/c1-5-6-24(39-33(49)27-9-14-43(19-22-55-4)36(52)30(27)46)23-40(15-10-37-31(47)25-7-12-41(17-20-53-2)34(50)28(25)44)16-11-38-32(48)26-8-13-42(18-21-54-3)35(51)29(26)45;2-1(3)4/h7-9,12-14,24,44-46H,5-6,10-11,15-23H2,1-4H3,(H,37,47)(H,38,48)(H,39,49);(H2,2,3,4). The average Bonchev–Trinajstić information content (AvgIpc) is 3.19. The zero-order chi connectivity index (χ0) is 44.1. The Balaban J connectivity index is 0.00000286. The van der Waals surface area contributed by atoms with E-state index in [0.29, 0.717) is 12.8 Å². The van der Waals surface area contributed by atoms with Gasteiger partial charge in [0.15, 0.2) is 17.2 Å². The summed E-state index contributed by atoms with van der Waals surface area (Å²) in [5, 5.41) is 53.6. The summed E-state index contributed by atoms with van der Waals surface area (Å²) in [7, 11) is 4.41. The summed E-state index contributed by atoms with van der Waals surface area (Å²) in [5.74, 6) is -4.23. The molecule has 326 valence electrons. The van der Waals surface area contributed by atoms with Crippen LogP contribution in [0.1, 0.15) is 50.8 Å². The SMILES string of the molecule is CCCC(CN(CCNC(=O)c1ccn(CCOC)c(=O)c1O)CCNC(=O)c1ccn(CCOC)c(=O)c1O)NC(=O)c1ccn(CCOC)c(=O)c1O.O=C(O)O. The zero-order valence-electron chi connectivity index (χ0n) is 33.3. The number of amides is 3. The number of hydrogen-bond donors (Lipinski definition) is 8. The van der Waals surface area contributed by atoms with Crippen molar-refractivity contribution in [1.29, 1.82) is 0 Å². The minimum Gasteiger partial charge on any atom is -0.502 e. The number of ether oxygens (including phenoxy) is 3. The minimum absolute atomic E-state index is 0.0206. The molecule has 0 aromatic carbocycles. The van der Waals surface area contributed by atoms with Gasteiger partial charge in [-0.15, -0.1) is 0 Å². The number of aromatic nitrogens is 3. The maximum atomic E-state index is 13.3. The summed E-state index contributed by atoms with van der Waals surface area (Å²) in [6.45, 7) is 3.69. The van der Waals surface area contributed by atoms with Gasteiger partial charge in [0.1, 0.15) is 0 Å². The van der Waals surface area contributed by atoms with Gasteiger partial charge >= 0.3 is 6.16 Å². The molecule has 59 heavy (non-hydrogen) atoms. The average molecular weight is 836 g/mol. The number of nitrogens with one attached hydrogen (secondary N) is 3. The number of rotatable bonds is 23. The number of aromatic hydroxyl groups is 3. The molecule has 0 spiro atoms.